The van der Waals surface area contributed by atoms with Gasteiger partial charge in [-0.25, -0.2) is 8.78 Å². The summed E-state index contributed by atoms with van der Waals surface area (Å²) < 4.78 is 24.4. The molecule has 2 N–H and O–H groups in total. The van der Waals surface area contributed by atoms with E-state index in [-0.39, 0.29) is 6.54 Å². The highest BCUT2D eigenvalue weighted by atomic mass is 19.3. The number of rotatable bonds is 3. The van der Waals surface area contributed by atoms with Gasteiger partial charge in [-0.1, -0.05) is 6.07 Å². The van der Waals surface area contributed by atoms with Gasteiger partial charge in [-0.2, -0.15) is 0 Å². The average molecular weight is 241 g/mol. The molecule has 0 amide bonds. The first-order chi connectivity index (χ1) is 8.15. The van der Waals surface area contributed by atoms with Crippen LogP contribution >= 0.6 is 0 Å². The predicted octanol–water partition coefficient (Wildman–Crippen LogP) is 1.66. The molecule has 3 nitrogen and oxygen atoms in total. The van der Waals surface area contributed by atoms with Gasteiger partial charge in [-0.05, 0) is 18.2 Å². The lowest BCUT2D eigenvalue weighted by molar-refractivity contribution is 0.0854. The van der Waals surface area contributed by atoms with Crippen LogP contribution in [0.4, 0.5) is 20.2 Å². The van der Waals surface area contributed by atoms with Crippen LogP contribution < -0.4 is 10.6 Å². The third kappa shape index (κ3) is 3.30. The van der Waals surface area contributed by atoms with Crippen molar-refractivity contribution in [3.63, 3.8) is 0 Å². The molecule has 0 radical (unpaired) electrons. The van der Waals surface area contributed by atoms with Crippen LogP contribution in [0, 0.1) is 0 Å². The Labute approximate surface area is 99.8 Å². The lowest BCUT2D eigenvalue weighted by Gasteiger charge is -2.35. The summed E-state index contributed by atoms with van der Waals surface area (Å²) in [6.07, 6.45) is -2.24. The van der Waals surface area contributed by atoms with E-state index in [1.165, 1.54) is 0 Å². The van der Waals surface area contributed by atoms with Gasteiger partial charge in [0.15, 0.2) is 0 Å². The molecule has 0 aliphatic carbocycles. The highest BCUT2D eigenvalue weighted by Gasteiger charge is 2.19. The summed E-state index contributed by atoms with van der Waals surface area (Å²) in [6.45, 7) is 2.79. The van der Waals surface area contributed by atoms with Gasteiger partial charge in [0.25, 0.3) is 6.43 Å². The van der Waals surface area contributed by atoms with E-state index >= 15 is 0 Å². The number of hydrogen-bond donors (Lipinski definition) is 1. The summed E-state index contributed by atoms with van der Waals surface area (Å²) in [7, 11) is 0. The minimum atomic E-state index is -2.24. The first-order valence-electron chi connectivity index (χ1n) is 5.76. The molecule has 94 valence electrons. The van der Waals surface area contributed by atoms with E-state index in [4.69, 9.17) is 5.73 Å². The third-order valence-corrected chi connectivity index (χ3v) is 3.00. The number of anilines is 2. The first kappa shape index (κ1) is 12.1. The maximum Gasteiger partial charge on any atom is 0.251 e. The van der Waals surface area contributed by atoms with Gasteiger partial charge in [0.05, 0.1) is 6.54 Å². The van der Waals surface area contributed by atoms with E-state index < -0.39 is 6.43 Å². The lowest BCUT2D eigenvalue weighted by atomic mass is 10.2. The second-order valence-electron chi connectivity index (χ2n) is 4.27. The Kier molecular flexibility index (Phi) is 3.78. The predicted molar refractivity (Wildman–Crippen MR) is 65.5 cm³/mol. The largest absolute Gasteiger partial charge is 0.399 e. The van der Waals surface area contributed by atoms with Gasteiger partial charge in [0.1, 0.15) is 0 Å². The smallest absolute Gasteiger partial charge is 0.251 e. The second-order valence-corrected chi connectivity index (χ2v) is 4.27. The normalized spacial score (nSPS) is 17.7. The fourth-order valence-electron chi connectivity index (χ4n) is 2.11. The van der Waals surface area contributed by atoms with Gasteiger partial charge in [-0.3, -0.25) is 4.90 Å². The zero-order valence-corrected chi connectivity index (χ0v) is 9.65. The number of benzene rings is 1. The first-order valence-corrected chi connectivity index (χ1v) is 5.76. The molecular weight excluding hydrogens is 224 g/mol. The molecule has 0 atom stereocenters. The highest BCUT2D eigenvalue weighted by molar-refractivity contribution is 5.56. The number of piperazine rings is 1. The van der Waals surface area contributed by atoms with E-state index in [9.17, 15) is 8.78 Å². The van der Waals surface area contributed by atoms with Crippen molar-refractivity contribution in [2.24, 2.45) is 0 Å². The molecular formula is C12H17F2N3. The summed E-state index contributed by atoms with van der Waals surface area (Å²) in [5, 5.41) is 0. The van der Waals surface area contributed by atoms with Crippen LogP contribution in [-0.2, 0) is 0 Å². The fourth-order valence-corrected chi connectivity index (χ4v) is 2.11. The van der Waals surface area contributed by atoms with Crippen molar-refractivity contribution in [2.75, 3.05) is 43.4 Å². The van der Waals surface area contributed by atoms with Crippen LogP contribution in [0.3, 0.4) is 0 Å². The maximum atomic E-state index is 12.2. The molecule has 5 heteroatoms. The Balaban J connectivity index is 1.91. The number of halogens is 2. The maximum absolute atomic E-state index is 12.2. The number of alkyl halides is 2. The summed E-state index contributed by atoms with van der Waals surface area (Å²) in [5.41, 5.74) is 7.53. The Hall–Kier alpha value is -1.36. The van der Waals surface area contributed by atoms with Crippen LogP contribution in [-0.4, -0.2) is 44.0 Å². The van der Waals surface area contributed by atoms with Crippen LogP contribution in [0.2, 0.25) is 0 Å². The number of hydrogen-bond acceptors (Lipinski definition) is 3. The van der Waals surface area contributed by atoms with E-state index in [1.54, 1.807) is 4.90 Å². The Morgan fingerprint density at radius 1 is 1.18 bits per heavy atom. The molecule has 1 saturated heterocycles. The molecule has 0 bridgehead atoms. The van der Waals surface area contributed by atoms with Gasteiger partial charge >= 0.3 is 0 Å². The lowest BCUT2D eigenvalue weighted by Crippen LogP contribution is -2.47. The Bertz CT molecular complexity index is 363. The molecule has 0 unspecified atom stereocenters. The Morgan fingerprint density at radius 3 is 2.47 bits per heavy atom. The van der Waals surface area contributed by atoms with Crippen molar-refractivity contribution in [1.82, 2.24) is 4.90 Å². The monoisotopic (exact) mass is 241 g/mol. The number of nitrogens with two attached hydrogens (primary N) is 1. The van der Waals surface area contributed by atoms with Crippen molar-refractivity contribution in [3.05, 3.63) is 24.3 Å². The summed E-state index contributed by atoms with van der Waals surface area (Å²) >= 11 is 0. The summed E-state index contributed by atoms with van der Waals surface area (Å²) in [5.74, 6) is 0. The van der Waals surface area contributed by atoms with Gasteiger partial charge < -0.3 is 10.6 Å². The molecule has 1 aliphatic rings. The molecule has 0 spiro atoms. The van der Waals surface area contributed by atoms with Crippen molar-refractivity contribution in [2.45, 2.75) is 6.43 Å². The quantitative estimate of drug-likeness (QED) is 0.817. The molecule has 1 aliphatic heterocycles. The minimum Gasteiger partial charge on any atom is -0.399 e. The average Bonchev–Trinajstić information content (AvgIpc) is 2.29. The molecule has 1 aromatic rings. The van der Waals surface area contributed by atoms with Crippen molar-refractivity contribution < 1.29 is 8.78 Å². The molecule has 1 heterocycles. The van der Waals surface area contributed by atoms with Crippen molar-refractivity contribution in [3.8, 4) is 0 Å². The van der Waals surface area contributed by atoms with Crippen LogP contribution in [0.5, 0.6) is 0 Å². The summed E-state index contributed by atoms with van der Waals surface area (Å²) in [6, 6.07) is 7.68. The minimum absolute atomic E-state index is 0.120. The van der Waals surface area contributed by atoms with Crippen LogP contribution in [0.15, 0.2) is 24.3 Å². The van der Waals surface area contributed by atoms with Crippen LogP contribution in [0.25, 0.3) is 0 Å². The standard InChI is InChI=1S/C12H17F2N3/c13-12(14)9-16-4-6-17(7-5-16)11-3-1-2-10(15)8-11/h1-3,8,12H,4-7,9,15H2. The summed E-state index contributed by atoms with van der Waals surface area (Å²) in [4.78, 5) is 3.98. The molecule has 2 rings (SSSR count). The SMILES string of the molecule is Nc1cccc(N2CCN(CC(F)F)CC2)c1. The Morgan fingerprint density at radius 2 is 1.88 bits per heavy atom. The molecule has 1 aromatic carbocycles. The van der Waals surface area contributed by atoms with E-state index in [0.29, 0.717) is 13.1 Å². The van der Waals surface area contributed by atoms with Crippen molar-refractivity contribution in [1.29, 1.82) is 0 Å². The number of nitrogen functional groups attached to an aromatic ring is 1. The zero-order chi connectivity index (χ0) is 12.3. The van der Waals surface area contributed by atoms with Crippen molar-refractivity contribution >= 4 is 11.4 Å². The van der Waals surface area contributed by atoms with E-state index in [1.807, 2.05) is 24.3 Å². The molecule has 0 aromatic heterocycles. The van der Waals surface area contributed by atoms with E-state index in [0.717, 1.165) is 24.5 Å². The highest BCUT2D eigenvalue weighted by Crippen LogP contribution is 2.19. The second kappa shape index (κ2) is 5.31. The molecule has 17 heavy (non-hydrogen) atoms. The van der Waals surface area contributed by atoms with Gasteiger partial charge in [0.2, 0.25) is 0 Å². The van der Waals surface area contributed by atoms with Crippen LogP contribution in [0.1, 0.15) is 0 Å². The number of nitrogens with zero attached hydrogens (tertiary/aromatic N) is 2. The fraction of sp³-hybridized carbons (Fsp3) is 0.500. The molecule has 0 saturated carbocycles. The topological polar surface area (TPSA) is 32.5 Å². The third-order valence-electron chi connectivity index (χ3n) is 3.00. The molecule has 1 fully saturated rings. The zero-order valence-electron chi connectivity index (χ0n) is 9.65. The van der Waals surface area contributed by atoms with Gasteiger partial charge in [0, 0.05) is 37.6 Å². The van der Waals surface area contributed by atoms with E-state index in [2.05, 4.69) is 4.90 Å². The van der Waals surface area contributed by atoms with Gasteiger partial charge in [-0.15, -0.1) is 0 Å².